The van der Waals surface area contributed by atoms with Crippen molar-refractivity contribution in [2.75, 3.05) is 38.2 Å². The van der Waals surface area contributed by atoms with Gasteiger partial charge in [-0.05, 0) is 81.5 Å². The van der Waals surface area contributed by atoms with Crippen LogP contribution in [0.25, 0.3) is 0 Å². The number of anilines is 1. The van der Waals surface area contributed by atoms with Gasteiger partial charge in [0.2, 0.25) is 17.5 Å². The van der Waals surface area contributed by atoms with E-state index in [1.807, 2.05) is 62.5 Å². The fourth-order valence-corrected chi connectivity index (χ4v) is 13.4. The first kappa shape index (κ1) is 78.2. The molecule has 6 rings (SSSR count). The third-order valence-corrected chi connectivity index (χ3v) is 18.9. The van der Waals surface area contributed by atoms with Crippen LogP contribution in [0.4, 0.5) is 11.4 Å². The summed E-state index contributed by atoms with van der Waals surface area (Å²) in [5.74, 6) is 4.59. The first-order chi connectivity index (χ1) is 37.5. The molecule has 3 aromatic rings. The smallest absolute Gasteiger partial charge is 0.756 e. The van der Waals surface area contributed by atoms with Crippen LogP contribution < -0.4 is 117 Å². The first-order valence-electron chi connectivity index (χ1n) is 24.9. The molecule has 6 atom stereocenters. The van der Waals surface area contributed by atoms with Crippen molar-refractivity contribution in [3.05, 3.63) is 104 Å². The third-order valence-electron chi connectivity index (χ3n) is 13.5. The number of carbonyl (C=O) groups is 2. The Kier molecular flexibility index (Phi) is 29.2. The number of nitrogens with one attached hydrogen (secondary N) is 3. The van der Waals surface area contributed by atoms with Crippen molar-refractivity contribution in [2.24, 2.45) is 0 Å². The van der Waals surface area contributed by atoms with Crippen molar-refractivity contribution in [3.63, 3.8) is 0 Å². The van der Waals surface area contributed by atoms with Crippen LogP contribution in [-0.2, 0) is 72.2 Å². The Morgan fingerprint density at radius 2 is 1.44 bits per heavy atom. The molecular formula is C48H59Li4N6O22P3S2. The van der Waals surface area contributed by atoms with Crippen LogP contribution in [0.15, 0.2) is 85.9 Å². The predicted molar refractivity (Wildman–Crippen MR) is 279 cm³/mol. The number of carbonyl (C=O) groups excluding carboxylic acids is 2. The molecule has 2 aromatic carbocycles. The van der Waals surface area contributed by atoms with Gasteiger partial charge in [-0.2, -0.15) is 4.58 Å². The quantitative estimate of drug-likeness (QED) is 0.0131. The number of allylic oxidation sites excluding steroid dienone is 4. The van der Waals surface area contributed by atoms with Crippen LogP contribution in [0.2, 0.25) is 0 Å². The van der Waals surface area contributed by atoms with E-state index in [-0.39, 0.29) is 128 Å². The molecule has 0 aliphatic carbocycles. The van der Waals surface area contributed by atoms with E-state index in [0.29, 0.717) is 62.7 Å². The fourth-order valence-electron chi connectivity index (χ4n) is 9.53. The number of fused-ring (bicyclic) bond motifs is 2. The molecule has 444 valence electrons. The predicted octanol–water partition coefficient (Wildman–Crippen LogP) is -10.9. The number of hydrogen-bond acceptors (Lipinski definition) is 22. The van der Waals surface area contributed by atoms with E-state index in [9.17, 15) is 78.6 Å². The molecule has 1 aromatic heterocycles. The Morgan fingerprint density at radius 1 is 0.847 bits per heavy atom. The van der Waals surface area contributed by atoms with Gasteiger partial charge in [-0.25, -0.2) is 30.3 Å². The number of hydrogen-bond donors (Lipinski definition) is 5. The maximum absolute atomic E-state index is 12.7. The van der Waals surface area contributed by atoms with Gasteiger partial charge in [0.1, 0.15) is 45.2 Å². The SMILES string of the molecule is C[N+]1=C(/C=C/C=C2/N(CCCCCC(=O)NCCCCCC(=O)NCC#Cc3cn([C@H]4C[C@@H](O)[C@@H](COP(=O)([O-])OP(=O)([O-])OP(=O)([O-])O)O4)c(=O)[nH]c3=O)c3ccc(S(=O)(=O)[O-])cc3C2(C)C)C(C)(C)c2cc(S(=O)(=O)[O-])ccc21.[Li+].[Li+].[Li+].[Li+]. The second-order valence-corrected chi connectivity index (χ2v) is 27.1. The number of nitrogens with zero attached hydrogens (tertiary/aromatic N) is 3. The Labute approximate surface area is 539 Å². The summed E-state index contributed by atoms with van der Waals surface area (Å²) in [6.45, 7) is 7.30. The second kappa shape index (κ2) is 31.7. The number of aliphatic hydroxyl groups excluding tert-OH is 1. The Hall–Kier alpha value is -2.89. The molecular weight excluding hydrogens is 1200 g/mol. The zero-order chi connectivity index (χ0) is 60.1. The number of amides is 2. The van der Waals surface area contributed by atoms with E-state index in [0.717, 1.165) is 33.5 Å². The largest absolute Gasteiger partial charge is 1.00 e. The monoisotopic (exact) mass is 1260 g/mol. The van der Waals surface area contributed by atoms with Crippen LogP contribution in [0.3, 0.4) is 0 Å². The topological polar surface area (TPSA) is 431 Å². The third kappa shape index (κ3) is 21.1. The minimum absolute atomic E-state index is 0. The van der Waals surface area contributed by atoms with Crippen LogP contribution in [0.5, 0.6) is 0 Å². The van der Waals surface area contributed by atoms with Crippen LogP contribution in [-0.4, -0.2) is 113 Å². The molecule has 0 saturated carbocycles. The molecule has 1 fully saturated rings. The Morgan fingerprint density at radius 3 is 2.05 bits per heavy atom. The number of H-pyrrole nitrogens is 1. The summed E-state index contributed by atoms with van der Waals surface area (Å²) in [6.07, 6.45) is 5.89. The molecule has 2 amide bonds. The number of rotatable bonds is 25. The number of phosphoric ester groups is 1. The van der Waals surface area contributed by atoms with Gasteiger partial charge in [0.15, 0.2) is 5.71 Å². The van der Waals surface area contributed by atoms with Gasteiger partial charge >= 0.3 is 81.1 Å². The number of benzene rings is 2. The van der Waals surface area contributed by atoms with Gasteiger partial charge in [0, 0.05) is 73.1 Å². The molecule has 3 aliphatic heterocycles. The van der Waals surface area contributed by atoms with E-state index in [1.165, 1.54) is 24.3 Å². The molecule has 4 heterocycles. The molecule has 5 N–H and O–H groups in total. The average molecular weight is 1260 g/mol. The number of aromatic nitrogens is 2. The molecule has 28 nitrogen and oxygen atoms in total. The molecule has 3 aliphatic rings. The van der Waals surface area contributed by atoms with E-state index in [2.05, 4.69) is 40.5 Å². The Bertz CT molecular complexity index is 3620. The minimum Gasteiger partial charge on any atom is -0.756 e. The van der Waals surface area contributed by atoms with Crippen LogP contribution >= 0.6 is 23.5 Å². The summed E-state index contributed by atoms with van der Waals surface area (Å²) in [5.41, 5.74) is 0.874. The van der Waals surface area contributed by atoms with Crippen LogP contribution in [0.1, 0.15) is 108 Å². The van der Waals surface area contributed by atoms with Crippen molar-refractivity contribution >= 4 is 72.6 Å². The summed E-state index contributed by atoms with van der Waals surface area (Å²) in [4.78, 5) is 96.1. The van der Waals surface area contributed by atoms with E-state index >= 15 is 0 Å². The molecule has 1 saturated heterocycles. The number of phosphoric acid groups is 3. The maximum Gasteiger partial charge on any atom is 1.00 e. The van der Waals surface area contributed by atoms with Crippen molar-refractivity contribution < 1.29 is 172 Å². The standard InChI is InChI=1S/C48H63N6O22P3S2.4Li/c1-47(2)34-26-32(80(67,68)69)19-21-36(34)52(5)40(47)15-12-16-41-48(3,4)35-27-33(81(70,71)72)20-22-37(35)53(41)25-11-7-9-18-42(56)49-23-10-6-8-17-43(57)50-24-13-14-31-29-54(46(59)51-45(31)58)44-28-38(55)39(74-44)30-73-78(63,64)76-79(65,66)75-77(60,61)62;;;;/h12,15-16,19-22,26-27,29,38-39,44,55H,6-11,17-18,23-25,28,30H2,1-5H3,(H8-,49,50,51,56,57,58,59,60,61,62,63,64,65,66,67,68,69,70,71,72);;;;/q;4*+1/p-4/t38-,39-,44-;;;;/m1..../s1. The zero-order valence-corrected chi connectivity index (χ0v) is 52.6. The molecule has 0 spiro atoms. The average Bonchev–Trinajstić information content (AvgIpc) is 3.88. The van der Waals surface area contributed by atoms with E-state index in [4.69, 9.17) is 9.63 Å². The summed E-state index contributed by atoms with van der Waals surface area (Å²) < 4.78 is 125. The van der Waals surface area contributed by atoms with Gasteiger partial charge in [0.25, 0.3) is 29.0 Å². The normalized spacial score (nSPS) is 20.2. The maximum atomic E-state index is 12.7. The van der Waals surface area contributed by atoms with E-state index < -0.39 is 90.8 Å². The van der Waals surface area contributed by atoms with Gasteiger partial charge in [-0.3, -0.25) is 37.6 Å². The van der Waals surface area contributed by atoms with Gasteiger partial charge < -0.3 is 58.6 Å². The molecule has 37 heteroatoms. The van der Waals surface area contributed by atoms with E-state index in [1.54, 1.807) is 12.1 Å². The number of aromatic amines is 1. The van der Waals surface area contributed by atoms with Crippen molar-refractivity contribution in [3.8, 4) is 11.8 Å². The Balaban J connectivity index is 0.00000616. The van der Waals surface area contributed by atoms with Crippen LogP contribution in [0, 0.1) is 11.8 Å². The van der Waals surface area contributed by atoms with Crippen molar-refractivity contribution in [1.82, 2.24) is 20.2 Å². The number of ether oxygens (including phenoxy) is 1. The molecule has 0 bridgehead atoms. The van der Waals surface area contributed by atoms with Gasteiger partial charge in [-0.1, -0.05) is 44.6 Å². The summed E-state index contributed by atoms with van der Waals surface area (Å²) in [5, 5.41) is 15.8. The second-order valence-electron chi connectivity index (χ2n) is 20.0. The minimum atomic E-state index is -6.18. The van der Waals surface area contributed by atoms with Crippen molar-refractivity contribution in [2.45, 2.75) is 125 Å². The summed E-state index contributed by atoms with van der Waals surface area (Å²) in [7, 11) is -25.6. The number of unbranched alkanes of at least 4 members (excludes halogenated alkanes) is 4. The first-order valence-corrected chi connectivity index (χ1v) is 32.2. The molecule has 85 heavy (non-hydrogen) atoms. The molecule has 3 unspecified atom stereocenters. The zero-order valence-electron chi connectivity index (χ0n) is 48.3. The van der Waals surface area contributed by atoms with Gasteiger partial charge in [0.05, 0.1) is 34.5 Å². The van der Waals surface area contributed by atoms with Gasteiger partial charge in [-0.15, -0.1) is 0 Å². The molecule has 0 radical (unpaired) electrons. The van der Waals surface area contributed by atoms with Crippen molar-refractivity contribution in [1.29, 1.82) is 0 Å². The summed E-state index contributed by atoms with van der Waals surface area (Å²) >= 11 is 0. The summed E-state index contributed by atoms with van der Waals surface area (Å²) in [6, 6.07) is 8.61. The number of aliphatic hydroxyl groups is 1. The fraction of sp³-hybridized carbons (Fsp3) is 0.479.